The van der Waals surface area contributed by atoms with Gasteiger partial charge in [-0.3, -0.25) is 4.90 Å². The van der Waals surface area contributed by atoms with Gasteiger partial charge in [0.2, 0.25) is 5.95 Å². The highest BCUT2D eigenvalue weighted by Crippen LogP contribution is 2.22. The number of aromatic nitrogens is 2. The number of amides is 2. The topological polar surface area (TPSA) is 90.4 Å². The first-order chi connectivity index (χ1) is 16.0. The van der Waals surface area contributed by atoms with Crippen LogP contribution in [0.1, 0.15) is 31.9 Å². The van der Waals surface area contributed by atoms with Gasteiger partial charge in [0.05, 0.1) is 18.2 Å². The molecule has 1 atom stereocenters. The summed E-state index contributed by atoms with van der Waals surface area (Å²) in [5, 5.41) is 17.1. The molecule has 0 saturated heterocycles. The van der Waals surface area contributed by atoms with Crippen molar-refractivity contribution in [2.24, 2.45) is 0 Å². The standard InChI is InChI=1S/C24H26Cl2FN5O2/c1-15(24(2,3)34)30-22-28-11-10-21(31-22)32(14-16-4-7-19(27)8-5-16)23(33)29-13-17-12-18(25)6-9-20(17)26/h4-12,15,34H,13-14H2,1-3H3,(H,29,33)(H,28,30,31)/t15-/m0/s1. The molecule has 3 N–H and O–H groups in total. The molecular formula is C24H26Cl2FN5O2. The van der Waals surface area contributed by atoms with E-state index in [4.69, 9.17) is 23.2 Å². The van der Waals surface area contributed by atoms with Crippen molar-refractivity contribution in [2.75, 3.05) is 10.2 Å². The van der Waals surface area contributed by atoms with E-state index < -0.39 is 11.6 Å². The predicted octanol–water partition coefficient (Wildman–Crippen LogP) is 5.41. The molecule has 0 aliphatic heterocycles. The number of carbonyl (C=O) groups excluding carboxylic acids is 1. The molecular weight excluding hydrogens is 480 g/mol. The van der Waals surface area contributed by atoms with Gasteiger partial charge in [0.15, 0.2) is 0 Å². The van der Waals surface area contributed by atoms with E-state index in [0.717, 1.165) is 0 Å². The first-order valence-corrected chi connectivity index (χ1v) is 11.3. The van der Waals surface area contributed by atoms with Crippen molar-refractivity contribution >= 4 is 41.0 Å². The Hall–Kier alpha value is -2.94. The van der Waals surface area contributed by atoms with Crippen molar-refractivity contribution < 1.29 is 14.3 Å². The van der Waals surface area contributed by atoms with Crippen molar-refractivity contribution in [2.45, 2.75) is 45.5 Å². The van der Waals surface area contributed by atoms with Crippen molar-refractivity contribution in [3.8, 4) is 0 Å². The van der Waals surface area contributed by atoms with Crippen LogP contribution in [0.15, 0.2) is 54.7 Å². The lowest BCUT2D eigenvalue weighted by Crippen LogP contribution is -2.41. The van der Waals surface area contributed by atoms with Crippen LogP contribution >= 0.6 is 23.2 Å². The molecule has 180 valence electrons. The fraction of sp³-hybridized carbons (Fsp3) is 0.292. The van der Waals surface area contributed by atoms with E-state index in [1.54, 1.807) is 57.2 Å². The molecule has 10 heteroatoms. The van der Waals surface area contributed by atoms with Gasteiger partial charge in [-0.25, -0.2) is 14.2 Å². The number of benzene rings is 2. The number of carbonyl (C=O) groups is 1. The molecule has 0 radical (unpaired) electrons. The first-order valence-electron chi connectivity index (χ1n) is 10.6. The summed E-state index contributed by atoms with van der Waals surface area (Å²) in [4.78, 5) is 23.3. The van der Waals surface area contributed by atoms with Gasteiger partial charge in [-0.15, -0.1) is 0 Å². The maximum Gasteiger partial charge on any atom is 0.323 e. The van der Waals surface area contributed by atoms with E-state index in [9.17, 15) is 14.3 Å². The van der Waals surface area contributed by atoms with E-state index in [1.165, 1.54) is 23.2 Å². The third kappa shape index (κ3) is 7.03. The summed E-state index contributed by atoms with van der Waals surface area (Å²) in [5.74, 6) is 0.200. The summed E-state index contributed by atoms with van der Waals surface area (Å²) in [5.41, 5.74) is 0.351. The minimum absolute atomic E-state index is 0.132. The number of urea groups is 1. The maximum absolute atomic E-state index is 13.4. The number of hydrogen-bond acceptors (Lipinski definition) is 5. The molecule has 0 spiro atoms. The Morgan fingerprint density at radius 2 is 1.88 bits per heavy atom. The molecule has 1 aromatic heterocycles. The van der Waals surface area contributed by atoms with Crippen LogP contribution in [0.4, 0.5) is 21.0 Å². The molecule has 0 bridgehead atoms. The largest absolute Gasteiger partial charge is 0.388 e. The molecule has 0 aliphatic carbocycles. The summed E-state index contributed by atoms with van der Waals surface area (Å²) in [6, 6.07) is 11.7. The second-order valence-electron chi connectivity index (χ2n) is 8.37. The highest BCUT2D eigenvalue weighted by atomic mass is 35.5. The zero-order valence-electron chi connectivity index (χ0n) is 19.0. The highest BCUT2D eigenvalue weighted by Gasteiger charge is 2.24. The molecule has 3 rings (SSSR count). The van der Waals surface area contributed by atoms with Gasteiger partial charge in [0, 0.05) is 22.8 Å². The summed E-state index contributed by atoms with van der Waals surface area (Å²) in [6.45, 7) is 5.41. The van der Waals surface area contributed by atoms with Crippen LogP contribution < -0.4 is 15.5 Å². The van der Waals surface area contributed by atoms with Gasteiger partial charge in [0.1, 0.15) is 11.6 Å². The van der Waals surface area contributed by atoms with Crippen molar-refractivity contribution in [1.29, 1.82) is 0 Å². The van der Waals surface area contributed by atoms with Crippen LogP contribution in [-0.2, 0) is 13.1 Å². The van der Waals surface area contributed by atoms with E-state index in [0.29, 0.717) is 27.0 Å². The van der Waals surface area contributed by atoms with Crippen molar-refractivity contribution in [3.05, 3.63) is 81.7 Å². The average molecular weight is 506 g/mol. The quantitative estimate of drug-likeness (QED) is 0.380. The zero-order chi connectivity index (χ0) is 24.9. The second kappa shape index (κ2) is 11.0. The number of rotatable bonds is 8. The highest BCUT2D eigenvalue weighted by molar-refractivity contribution is 6.33. The predicted molar refractivity (Wildman–Crippen MR) is 133 cm³/mol. The van der Waals surface area contributed by atoms with Gasteiger partial charge in [-0.05, 0) is 68.3 Å². The second-order valence-corrected chi connectivity index (χ2v) is 9.21. The third-order valence-corrected chi connectivity index (χ3v) is 5.86. The fourth-order valence-electron chi connectivity index (χ4n) is 2.91. The minimum Gasteiger partial charge on any atom is -0.388 e. The third-order valence-electron chi connectivity index (χ3n) is 5.26. The molecule has 34 heavy (non-hydrogen) atoms. The summed E-state index contributed by atoms with van der Waals surface area (Å²) in [7, 11) is 0. The SMILES string of the molecule is C[C@H](Nc1nccc(N(Cc2ccc(F)cc2)C(=O)NCc2cc(Cl)ccc2Cl)n1)C(C)(C)O. The van der Waals surface area contributed by atoms with Gasteiger partial charge in [-0.2, -0.15) is 4.98 Å². The molecule has 0 fully saturated rings. The zero-order valence-corrected chi connectivity index (χ0v) is 20.5. The Bertz CT molecular complexity index is 1140. The molecule has 2 aromatic carbocycles. The lowest BCUT2D eigenvalue weighted by molar-refractivity contribution is 0.0646. The monoisotopic (exact) mass is 505 g/mol. The fourth-order valence-corrected chi connectivity index (χ4v) is 3.29. The van der Waals surface area contributed by atoms with Gasteiger partial charge < -0.3 is 15.7 Å². The van der Waals surface area contributed by atoms with E-state index in [2.05, 4.69) is 20.6 Å². The molecule has 0 saturated carbocycles. The molecule has 7 nitrogen and oxygen atoms in total. The number of anilines is 2. The van der Waals surface area contributed by atoms with E-state index >= 15 is 0 Å². The van der Waals surface area contributed by atoms with E-state index in [1.807, 2.05) is 0 Å². The Morgan fingerprint density at radius 1 is 1.18 bits per heavy atom. The number of nitrogens with one attached hydrogen (secondary N) is 2. The number of hydrogen-bond donors (Lipinski definition) is 3. The Balaban J connectivity index is 1.86. The molecule has 0 unspecified atom stereocenters. The van der Waals surface area contributed by atoms with Gasteiger partial charge >= 0.3 is 6.03 Å². The van der Waals surface area contributed by atoms with Crippen LogP contribution in [0.2, 0.25) is 10.0 Å². The van der Waals surface area contributed by atoms with Crippen LogP contribution in [0.25, 0.3) is 0 Å². The smallest absolute Gasteiger partial charge is 0.323 e. The Labute approximate surface area is 207 Å². The van der Waals surface area contributed by atoms with Crippen LogP contribution in [0.3, 0.4) is 0 Å². The summed E-state index contributed by atoms with van der Waals surface area (Å²) < 4.78 is 13.4. The van der Waals surface area contributed by atoms with Crippen molar-refractivity contribution in [3.63, 3.8) is 0 Å². The number of halogens is 3. The van der Waals surface area contributed by atoms with Crippen LogP contribution in [0, 0.1) is 5.82 Å². The van der Waals surface area contributed by atoms with Gasteiger partial charge in [0.25, 0.3) is 0 Å². The lowest BCUT2D eigenvalue weighted by atomic mass is 10.0. The average Bonchev–Trinajstić information content (AvgIpc) is 2.78. The summed E-state index contributed by atoms with van der Waals surface area (Å²) in [6.07, 6.45) is 1.51. The van der Waals surface area contributed by atoms with E-state index in [-0.39, 0.29) is 30.9 Å². The van der Waals surface area contributed by atoms with Crippen LogP contribution in [-0.4, -0.2) is 32.7 Å². The molecule has 2 amide bonds. The number of aliphatic hydroxyl groups is 1. The van der Waals surface area contributed by atoms with Crippen molar-refractivity contribution in [1.82, 2.24) is 15.3 Å². The summed E-state index contributed by atoms with van der Waals surface area (Å²) >= 11 is 12.3. The molecule has 1 heterocycles. The normalized spacial score (nSPS) is 12.2. The minimum atomic E-state index is -1.01. The lowest BCUT2D eigenvalue weighted by Gasteiger charge is -2.27. The Morgan fingerprint density at radius 3 is 2.56 bits per heavy atom. The molecule has 3 aromatic rings. The van der Waals surface area contributed by atoms with Gasteiger partial charge in [-0.1, -0.05) is 35.3 Å². The first kappa shape index (κ1) is 25.7. The number of nitrogens with zero attached hydrogens (tertiary/aromatic N) is 3. The van der Waals surface area contributed by atoms with Crippen LogP contribution in [0.5, 0.6) is 0 Å². The Kier molecular flexibility index (Phi) is 8.30. The molecule has 0 aliphatic rings. The maximum atomic E-state index is 13.4.